The number of alkyl halides is 3. The van der Waals surface area contributed by atoms with Crippen molar-refractivity contribution in [2.75, 3.05) is 7.11 Å². The molecule has 1 aromatic rings. The summed E-state index contributed by atoms with van der Waals surface area (Å²) in [4.78, 5) is 0. The molecule has 0 N–H and O–H groups in total. The maximum atomic E-state index is 11.7. The Kier molecular flexibility index (Phi) is 6.93. The van der Waals surface area contributed by atoms with Gasteiger partial charge in [-0.2, -0.15) is 6.07 Å². The number of rotatable bonds is 2. The molecule has 80 valence electrons. The molecule has 0 aliphatic heterocycles. The summed E-state index contributed by atoms with van der Waals surface area (Å²) >= 11 is 4.25. The molecular weight excluding hydrogens is 330 g/mol. The van der Waals surface area contributed by atoms with Crippen molar-refractivity contribution < 1.29 is 39.0 Å². The monoisotopic (exact) mass is 334 g/mol. The molecule has 0 aliphatic carbocycles. The summed E-state index contributed by atoms with van der Waals surface area (Å²) in [5.74, 6) is -0.121. The normalized spacial score (nSPS) is 10.1. The van der Waals surface area contributed by atoms with Crippen LogP contribution in [-0.2, 0) is 16.3 Å². The molecule has 2 nitrogen and oxygen atoms in total. The zero-order chi connectivity index (χ0) is 11.9. The van der Waals surface area contributed by atoms with Crippen molar-refractivity contribution in [3.8, 4) is 11.5 Å². The van der Waals surface area contributed by atoms with Crippen LogP contribution in [-0.4, -0.2) is 13.5 Å². The van der Waals surface area contributed by atoms with Crippen LogP contribution in [0.15, 0.2) is 18.2 Å². The Morgan fingerprint density at radius 3 is 2.47 bits per heavy atom. The van der Waals surface area contributed by atoms with Crippen LogP contribution in [0.1, 0.15) is 0 Å². The summed E-state index contributed by atoms with van der Waals surface area (Å²) < 4.78 is 43.4. The molecule has 0 radical (unpaired) electrons. The van der Waals surface area contributed by atoms with Crippen LogP contribution in [0.4, 0.5) is 13.2 Å². The Morgan fingerprint density at radius 1 is 1.40 bits per heavy atom. The van der Waals surface area contributed by atoms with Gasteiger partial charge in [0.25, 0.3) is 0 Å². The van der Waals surface area contributed by atoms with Gasteiger partial charge in [-0.05, 0) is 0 Å². The van der Waals surface area contributed by atoms with Crippen molar-refractivity contribution >= 4 is 13.6 Å². The quantitative estimate of drug-likeness (QED) is 0.610. The molecule has 0 saturated carbocycles. The van der Waals surface area contributed by atoms with Gasteiger partial charge in [-0.3, -0.25) is 0 Å². The Hall–Kier alpha value is -0.287. The molecule has 0 amide bonds. The van der Waals surface area contributed by atoms with E-state index in [1.165, 1.54) is 29.5 Å². The number of halogens is 4. The van der Waals surface area contributed by atoms with Gasteiger partial charge in [0.05, 0.1) is 7.11 Å². The molecule has 7 heteroatoms. The number of benzene rings is 1. The molecule has 0 saturated heterocycles. The topological polar surface area (TPSA) is 18.5 Å². The third-order valence-electron chi connectivity index (χ3n) is 1.20. The van der Waals surface area contributed by atoms with Crippen molar-refractivity contribution in [1.29, 1.82) is 0 Å². The second-order valence-corrected chi connectivity index (χ2v) is 2.14. The molecule has 0 aromatic heterocycles. The molecular formula is C8H6BrF3O2Zn. The van der Waals surface area contributed by atoms with Gasteiger partial charge in [-0.25, -0.2) is 0 Å². The van der Waals surface area contributed by atoms with Crippen LogP contribution in [0.2, 0.25) is 0 Å². The van der Waals surface area contributed by atoms with E-state index >= 15 is 0 Å². The van der Waals surface area contributed by atoms with E-state index in [0.29, 0.717) is 0 Å². The first kappa shape index (κ1) is 14.7. The number of methoxy groups -OCH3 is 1. The predicted octanol–water partition coefficient (Wildman–Crippen LogP) is 3.24. The number of hydrogen-bond acceptors (Lipinski definition) is 2. The van der Waals surface area contributed by atoms with E-state index in [1.54, 1.807) is 0 Å². The summed E-state index contributed by atoms with van der Waals surface area (Å²) in [5.41, 5.74) is 0. The minimum atomic E-state index is -4.67. The number of ether oxygens (including phenoxy) is 2. The molecule has 1 aromatic carbocycles. The standard InChI is InChI=1S/C8H6F3O2.BrH.Zn/c1-12-6-3-2-4-7(5-6)13-8(9,10)11;;/h2,4-5H,1H3;1H;/q-1;;+2/p-1. The maximum absolute atomic E-state index is 11.7. The Morgan fingerprint density at radius 2 is 2.00 bits per heavy atom. The van der Waals surface area contributed by atoms with Gasteiger partial charge in [0, 0.05) is 11.5 Å². The summed E-state index contributed by atoms with van der Waals surface area (Å²) in [5, 5.41) is 0. The van der Waals surface area contributed by atoms with Gasteiger partial charge in [0.15, 0.2) is 0 Å². The molecule has 0 unspecified atom stereocenters. The summed E-state index contributed by atoms with van der Waals surface area (Å²) in [6, 6.07) is 6.12. The van der Waals surface area contributed by atoms with Gasteiger partial charge < -0.3 is 9.47 Å². The second-order valence-electron chi connectivity index (χ2n) is 2.14. The van der Waals surface area contributed by atoms with Crippen LogP contribution in [0.3, 0.4) is 0 Å². The molecule has 0 fully saturated rings. The average molecular weight is 336 g/mol. The van der Waals surface area contributed by atoms with Crippen LogP contribution in [0, 0.1) is 6.07 Å². The van der Waals surface area contributed by atoms with Crippen molar-refractivity contribution in [3.05, 3.63) is 24.3 Å². The Balaban J connectivity index is 0.000000921. The van der Waals surface area contributed by atoms with Crippen molar-refractivity contribution in [3.63, 3.8) is 0 Å². The van der Waals surface area contributed by atoms with Crippen LogP contribution in [0.5, 0.6) is 11.5 Å². The molecule has 0 bridgehead atoms. The fourth-order valence-electron chi connectivity index (χ4n) is 0.740. The zero-order valence-electron chi connectivity index (χ0n) is 7.77. The summed E-state index contributed by atoms with van der Waals surface area (Å²) in [6.07, 6.45) is -4.67. The molecule has 1 rings (SSSR count). The van der Waals surface area contributed by atoms with E-state index in [2.05, 4.69) is 29.2 Å². The third-order valence-corrected chi connectivity index (χ3v) is 1.20. The third kappa shape index (κ3) is 6.74. The van der Waals surface area contributed by atoms with E-state index in [1.807, 2.05) is 0 Å². The zero-order valence-corrected chi connectivity index (χ0v) is 12.3. The Labute approximate surface area is 102 Å². The van der Waals surface area contributed by atoms with E-state index in [0.717, 1.165) is 12.1 Å². The minimum absolute atomic E-state index is 0.196. The van der Waals surface area contributed by atoms with E-state index < -0.39 is 6.36 Å². The van der Waals surface area contributed by atoms with Gasteiger partial charge in [0.2, 0.25) is 0 Å². The number of hydrogen-bond donors (Lipinski definition) is 0. The first-order valence-electron chi connectivity index (χ1n) is 3.59. The van der Waals surface area contributed by atoms with Crippen LogP contribution in [0.25, 0.3) is 0 Å². The summed E-state index contributed by atoms with van der Waals surface area (Å²) in [6.45, 7) is 0. The molecule has 15 heavy (non-hydrogen) atoms. The van der Waals surface area contributed by atoms with Gasteiger partial charge >= 0.3 is 36.3 Å². The fourth-order valence-corrected chi connectivity index (χ4v) is 0.740. The predicted molar refractivity (Wildman–Crippen MR) is 47.4 cm³/mol. The second kappa shape index (κ2) is 7.06. The van der Waals surface area contributed by atoms with Crippen molar-refractivity contribution in [1.82, 2.24) is 0 Å². The van der Waals surface area contributed by atoms with E-state index in [-0.39, 0.29) is 11.5 Å². The fraction of sp³-hybridized carbons (Fsp3) is 0.250. The molecule has 0 aliphatic rings. The van der Waals surface area contributed by atoms with E-state index in [9.17, 15) is 13.2 Å². The molecule has 0 spiro atoms. The van der Waals surface area contributed by atoms with Gasteiger partial charge in [-0.15, -0.1) is 25.3 Å². The summed E-state index contributed by atoms with van der Waals surface area (Å²) in [7, 11) is 1.34. The van der Waals surface area contributed by atoms with Crippen molar-refractivity contribution in [2.45, 2.75) is 6.36 Å². The first-order chi connectivity index (χ1) is 7.01. The van der Waals surface area contributed by atoms with Gasteiger partial charge in [-0.1, -0.05) is 6.07 Å². The molecule has 0 atom stereocenters. The van der Waals surface area contributed by atoms with Crippen molar-refractivity contribution in [2.24, 2.45) is 0 Å². The van der Waals surface area contributed by atoms with E-state index in [4.69, 9.17) is 0 Å². The SMILES string of the molecule is COc1[c-]ccc(OC(F)(F)F)c1.[Zn+][Br]. The van der Waals surface area contributed by atoms with Gasteiger partial charge in [0.1, 0.15) is 0 Å². The van der Waals surface area contributed by atoms with Crippen LogP contribution < -0.4 is 9.47 Å². The average Bonchev–Trinajstić information content (AvgIpc) is 2.19. The molecule has 0 heterocycles. The van der Waals surface area contributed by atoms with Crippen LogP contribution >= 0.6 is 13.6 Å². The first-order valence-corrected chi connectivity index (χ1v) is 10.5. The Bertz CT molecular complexity index is 293.